The van der Waals surface area contributed by atoms with Gasteiger partial charge in [0.25, 0.3) is 0 Å². The number of methoxy groups -OCH3 is 2. The van der Waals surface area contributed by atoms with Gasteiger partial charge in [-0.15, -0.1) is 0 Å². The number of nitrogens with one attached hydrogen (secondary N) is 1. The smallest absolute Gasteiger partial charge is 0.310 e. The predicted molar refractivity (Wildman–Crippen MR) is 133 cm³/mol. The van der Waals surface area contributed by atoms with E-state index < -0.39 is 39.9 Å². The summed E-state index contributed by atoms with van der Waals surface area (Å²) in [6, 6.07) is 12.8. The molecule has 0 saturated carbocycles. The summed E-state index contributed by atoms with van der Waals surface area (Å²) in [5.41, 5.74) is 2.47. The standard InChI is InChI=1S/C26H34N2O6S/c1-26(2,3)19-11-9-18(10-12-19)23-21(25(30)34-5)15-22(28(23)35(6,31)32)24(29)27-16-17-7-13-20(33-4)14-8-17/h7-14,21-23H,15-16H2,1-6H3,(H,27,29). The van der Waals surface area contributed by atoms with Crippen molar-refractivity contribution in [2.75, 3.05) is 20.5 Å². The number of hydrogen-bond acceptors (Lipinski definition) is 6. The maximum atomic E-state index is 13.2. The first-order chi connectivity index (χ1) is 16.4. The Labute approximate surface area is 207 Å². The molecule has 190 valence electrons. The Morgan fingerprint density at radius 1 is 1.03 bits per heavy atom. The predicted octanol–water partition coefficient (Wildman–Crippen LogP) is 3.17. The van der Waals surface area contributed by atoms with Crippen LogP contribution in [0.5, 0.6) is 5.75 Å². The summed E-state index contributed by atoms with van der Waals surface area (Å²) in [7, 11) is -1.01. The van der Waals surface area contributed by atoms with Crippen molar-refractivity contribution >= 4 is 21.9 Å². The summed E-state index contributed by atoms with van der Waals surface area (Å²) in [6.45, 7) is 6.47. The molecule has 1 N–H and O–H groups in total. The van der Waals surface area contributed by atoms with E-state index in [9.17, 15) is 18.0 Å². The lowest BCUT2D eigenvalue weighted by atomic mass is 9.85. The van der Waals surface area contributed by atoms with Crippen molar-refractivity contribution in [3.8, 4) is 5.75 Å². The normalized spacial score (nSPS) is 20.9. The molecule has 1 aliphatic rings. The molecule has 2 aromatic carbocycles. The van der Waals surface area contributed by atoms with Crippen molar-refractivity contribution in [3.63, 3.8) is 0 Å². The van der Waals surface area contributed by atoms with Gasteiger partial charge in [-0.25, -0.2) is 8.42 Å². The van der Waals surface area contributed by atoms with E-state index in [1.54, 1.807) is 19.2 Å². The minimum Gasteiger partial charge on any atom is -0.497 e. The highest BCUT2D eigenvalue weighted by atomic mass is 32.2. The van der Waals surface area contributed by atoms with Crippen LogP contribution in [0.1, 0.15) is 49.9 Å². The van der Waals surface area contributed by atoms with E-state index in [4.69, 9.17) is 9.47 Å². The number of carbonyl (C=O) groups is 2. The molecule has 3 rings (SSSR count). The topological polar surface area (TPSA) is 102 Å². The third kappa shape index (κ3) is 6.02. The summed E-state index contributed by atoms with van der Waals surface area (Å²) in [5, 5.41) is 2.82. The number of benzene rings is 2. The highest BCUT2D eigenvalue weighted by Crippen LogP contribution is 2.44. The monoisotopic (exact) mass is 502 g/mol. The highest BCUT2D eigenvalue weighted by molar-refractivity contribution is 7.88. The van der Waals surface area contributed by atoms with Gasteiger partial charge in [0.1, 0.15) is 11.8 Å². The molecule has 8 nitrogen and oxygen atoms in total. The molecule has 35 heavy (non-hydrogen) atoms. The quantitative estimate of drug-likeness (QED) is 0.584. The molecule has 3 unspecified atom stereocenters. The van der Waals surface area contributed by atoms with Crippen molar-refractivity contribution < 1.29 is 27.5 Å². The van der Waals surface area contributed by atoms with Crippen molar-refractivity contribution in [1.82, 2.24) is 9.62 Å². The van der Waals surface area contributed by atoms with E-state index in [-0.39, 0.29) is 18.4 Å². The first-order valence-electron chi connectivity index (χ1n) is 11.4. The zero-order valence-corrected chi connectivity index (χ0v) is 21.9. The third-order valence-corrected chi connectivity index (χ3v) is 7.62. The van der Waals surface area contributed by atoms with Gasteiger partial charge in [-0.1, -0.05) is 57.2 Å². The lowest BCUT2D eigenvalue weighted by molar-refractivity contribution is -0.146. The van der Waals surface area contributed by atoms with Crippen LogP contribution in [0.4, 0.5) is 0 Å². The number of hydrogen-bond donors (Lipinski definition) is 1. The molecule has 1 aliphatic heterocycles. The molecular formula is C26H34N2O6S. The molecular weight excluding hydrogens is 468 g/mol. The lowest BCUT2D eigenvalue weighted by Crippen LogP contribution is -2.46. The number of ether oxygens (including phenoxy) is 2. The Morgan fingerprint density at radius 2 is 1.63 bits per heavy atom. The summed E-state index contributed by atoms with van der Waals surface area (Å²) in [5.74, 6) is -1.13. The summed E-state index contributed by atoms with van der Waals surface area (Å²) in [6.07, 6.45) is 1.09. The molecule has 0 bridgehead atoms. The second-order valence-corrected chi connectivity index (χ2v) is 11.7. The summed E-state index contributed by atoms with van der Waals surface area (Å²) >= 11 is 0. The number of nitrogens with zero attached hydrogens (tertiary/aromatic N) is 1. The third-order valence-electron chi connectivity index (χ3n) is 6.37. The Hall–Kier alpha value is -2.91. The van der Waals surface area contributed by atoms with E-state index in [1.807, 2.05) is 36.4 Å². The number of amides is 1. The number of rotatable bonds is 7. The Kier molecular flexibility index (Phi) is 7.91. The Morgan fingerprint density at radius 3 is 2.11 bits per heavy atom. The summed E-state index contributed by atoms with van der Waals surface area (Å²) in [4.78, 5) is 25.9. The van der Waals surface area contributed by atoms with Gasteiger partial charge in [0.2, 0.25) is 15.9 Å². The van der Waals surface area contributed by atoms with Crippen LogP contribution in [0.15, 0.2) is 48.5 Å². The van der Waals surface area contributed by atoms with Crippen LogP contribution >= 0.6 is 0 Å². The maximum absolute atomic E-state index is 13.2. The van der Waals surface area contributed by atoms with Crippen molar-refractivity contribution in [2.24, 2.45) is 5.92 Å². The van der Waals surface area contributed by atoms with Crippen LogP contribution in [0, 0.1) is 5.92 Å². The van der Waals surface area contributed by atoms with Gasteiger partial charge in [0.15, 0.2) is 0 Å². The number of sulfonamides is 1. The minimum absolute atomic E-state index is 0.0277. The fourth-order valence-corrected chi connectivity index (χ4v) is 5.82. The fourth-order valence-electron chi connectivity index (χ4n) is 4.49. The van der Waals surface area contributed by atoms with Crippen molar-refractivity contribution in [3.05, 3.63) is 65.2 Å². The average Bonchev–Trinajstić information content (AvgIpc) is 3.23. The molecule has 1 amide bonds. The maximum Gasteiger partial charge on any atom is 0.310 e. The zero-order chi connectivity index (χ0) is 26.0. The van der Waals surface area contributed by atoms with E-state index in [0.29, 0.717) is 11.3 Å². The van der Waals surface area contributed by atoms with E-state index in [1.165, 1.54) is 7.11 Å². The zero-order valence-electron chi connectivity index (χ0n) is 21.1. The van der Waals surface area contributed by atoms with Gasteiger partial charge < -0.3 is 14.8 Å². The molecule has 0 aromatic heterocycles. The number of carbonyl (C=O) groups excluding carboxylic acids is 2. The van der Waals surface area contributed by atoms with Gasteiger partial charge in [-0.3, -0.25) is 9.59 Å². The van der Waals surface area contributed by atoms with Crippen LogP contribution in [-0.2, 0) is 36.3 Å². The lowest BCUT2D eigenvalue weighted by Gasteiger charge is -2.29. The van der Waals surface area contributed by atoms with E-state index in [0.717, 1.165) is 21.7 Å². The number of esters is 1. The second-order valence-electron chi connectivity index (χ2n) is 9.86. The molecule has 9 heteroatoms. The Balaban J connectivity index is 1.92. The van der Waals surface area contributed by atoms with Crippen LogP contribution in [-0.4, -0.2) is 51.1 Å². The van der Waals surface area contributed by atoms with Gasteiger partial charge >= 0.3 is 5.97 Å². The molecule has 2 aromatic rings. The molecule has 3 atom stereocenters. The second kappa shape index (κ2) is 10.4. The largest absolute Gasteiger partial charge is 0.497 e. The fraction of sp³-hybridized carbons (Fsp3) is 0.462. The van der Waals surface area contributed by atoms with Crippen molar-refractivity contribution in [1.29, 1.82) is 0 Å². The van der Waals surface area contributed by atoms with Crippen LogP contribution in [0.2, 0.25) is 0 Å². The molecule has 0 aliphatic carbocycles. The van der Waals surface area contributed by atoms with Crippen LogP contribution in [0.3, 0.4) is 0 Å². The molecule has 1 heterocycles. The van der Waals surface area contributed by atoms with Crippen molar-refractivity contribution in [2.45, 2.75) is 51.2 Å². The van der Waals surface area contributed by atoms with Gasteiger partial charge in [-0.05, 0) is 40.7 Å². The van der Waals surface area contributed by atoms with E-state index in [2.05, 4.69) is 26.1 Å². The SMILES string of the molecule is COC(=O)C1CC(C(=O)NCc2ccc(OC)cc2)N(S(C)(=O)=O)C1c1ccc(C(C)(C)C)cc1. The molecule has 1 saturated heterocycles. The average molecular weight is 503 g/mol. The van der Waals surface area contributed by atoms with E-state index >= 15 is 0 Å². The summed E-state index contributed by atoms with van der Waals surface area (Å²) < 4.78 is 37.2. The first kappa shape index (κ1) is 26.7. The first-order valence-corrected chi connectivity index (χ1v) is 13.3. The molecule has 0 radical (unpaired) electrons. The minimum atomic E-state index is -3.85. The van der Waals surface area contributed by atoms with Gasteiger partial charge in [0.05, 0.1) is 32.4 Å². The van der Waals surface area contributed by atoms with Crippen LogP contribution < -0.4 is 10.1 Å². The Bertz CT molecular complexity index is 1150. The highest BCUT2D eigenvalue weighted by Gasteiger charge is 2.52. The van der Waals surface area contributed by atoms with Crippen LogP contribution in [0.25, 0.3) is 0 Å². The molecule has 1 fully saturated rings. The van der Waals surface area contributed by atoms with Gasteiger partial charge in [-0.2, -0.15) is 4.31 Å². The molecule has 0 spiro atoms. The van der Waals surface area contributed by atoms with Gasteiger partial charge in [0, 0.05) is 6.54 Å².